The van der Waals surface area contributed by atoms with Crippen LogP contribution in [0.3, 0.4) is 0 Å². The molecule has 0 aromatic heterocycles. The van der Waals surface area contributed by atoms with Crippen LogP contribution in [0.15, 0.2) is 48.0 Å². The molecule has 1 aliphatic rings. The highest BCUT2D eigenvalue weighted by molar-refractivity contribution is 6.39. The van der Waals surface area contributed by atoms with Gasteiger partial charge in [-0.1, -0.05) is 30.2 Å². The SMILES string of the molecule is C#CCOc1ccc(/C=C2\C(=O)NC(=O)N(c3cccc(C)c3C)C2=O)cc1. The number of hydrogen-bond acceptors (Lipinski definition) is 4. The van der Waals surface area contributed by atoms with Crippen LogP contribution in [0.4, 0.5) is 10.5 Å². The summed E-state index contributed by atoms with van der Waals surface area (Å²) in [5.74, 6) is 1.54. The highest BCUT2D eigenvalue weighted by atomic mass is 16.5. The van der Waals surface area contributed by atoms with Crippen LogP contribution in [-0.4, -0.2) is 24.5 Å². The number of terminal acetylenes is 1. The summed E-state index contributed by atoms with van der Waals surface area (Å²) in [4.78, 5) is 38.5. The molecule has 2 aromatic carbocycles. The molecule has 0 radical (unpaired) electrons. The van der Waals surface area contributed by atoms with Gasteiger partial charge < -0.3 is 4.74 Å². The number of nitrogens with zero attached hydrogens (tertiary/aromatic N) is 1. The Labute approximate surface area is 162 Å². The molecule has 0 unspecified atom stereocenters. The zero-order chi connectivity index (χ0) is 20.3. The quantitative estimate of drug-likeness (QED) is 0.507. The average Bonchev–Trinajstić information content (AvgIpc) is 2.67. The minimum atomic E-state index is -0.765. The number of urea groups is 1. The lowest BCUT2D eigenvalue weighted by Crippen LogP contribution is -2.54. The van der Waals surface area contributed by atoms with Crippen molar-refractivity contribution in [3.63, 3.8) is 0 Å². The summed E-state index contributed by atoms with van der Waals surface area (Å²) in [5.41, 5.74) is 2.65. The van der Waals surface area contributed by atoms with E-state index >= 15 is 0 Å². The molecule has 6 nitrogen and oxygen atoms in total. The molecule has 3 rings (SSSR count). The van der Waals surface area contributed by atoms with Gasteiger partial charge in [-0.2, -0.15) is 0 Å². The Morgan fingerprint density at radius 1 is 1.11 bits per heavy atom. The lowest BCUT2D eigenvalue weighted by molar-refractivity contribution is -0.122. The maximum Gasteiger partial charge on any atom is 0.335 e. The summed E-state index contributed by atoms with van der Waals surface area (Å²) in [6, 6.07) is 11.3. The van der Waals surface area contributed by atoms with E-state index in [2.05, 4.69) is 11.2 Å². The zero-order valence-corrected chi connectivity index (χ0v) is 15.5. The van der Waals surface area contributed by atoms with Gasteiger partial charge in [0.25, 0.3) is 11.8 Å². The Morgan fingerprint density at radius 3 is 2.50 bits per heavy atom. The van der Waals surface area contributed by atoms with E-state index in [0.717, 1.165) is 16.0 Å². The maximum absolute atomic E-state index is 13.0. The third-order valence-electron chi connectivity index (χ3n) is 4.43. The third-order valence-corrected chi connectivity index (χ3v) is 4.43. The summed E-state index contributed by atoms with van der Waals surface area (Å²) in [5, 5.41) is 2.23. The maximum atomic E-state index is 13.0. The molecule has 1 fully saturated rings. The van der Waals surface area contributed by atoms with E-state index in [4.69, 9.17) is 11.2 Å². The van der Waals surface area contributed by atoms with Crippen molar-refractivity contribution >= 4 is 29.6 Å². The topological polar surface area (TPSA) is 75.7 Å². The molecular formula is C22H18N2O4. The first-order valence-electron chi connectivity index (χ1n) is 8.56. The van der Waals surface area contributed by atoms with Gasteiger partial charge in [-0.05, 0) is 54.8 Å². The van der Waals surface area contributed by atoms with Crippen LogP contribution in [0, 0.1) is 26.2 Å². The number of aryl methyl sites for hydroxylation is 1. The molecule has 6 heteroatoms. The Morgan fingerprint density at radius 2 is 1.82 bits per heavy atom. The van der Waals surface area contributed by atoms with Gasteiger partial charge in [-0.25, -0.2) is 9.69 Å². The monoisotopic (exact) mass is 374 g/mol. The Hall–Kier alpha value is -3.85. The van der Waals surface area contributed by atoms with Gasteiger partial charge >= 0.3 is 6.03 Å². The summed E-state index contributed by atoms with van der Waals surface area (Å²) >= 11 is 0. The number of benzene rings is 2. The molecule has 1 aliphatic heterocycles. The van der Waals surface area contributed by atoms with Crippen molar-refractivity contribution in [3.8, 4) is 18.1 Å². The van der Waals surface area contributed by atoms with Gasteiger partial charge in [0.05, 0.1) is 5.69 Å². The first-order valence-corrected chi connectivity index (χ1v) is 8.56. The predicted octanol–water partition coefficient (Wildman–Crippen LogP) is 2.98. The fourth-order valence-corrected chi connectivity index (χ4v) is 2.81. The minimum Gasteiger partial charge on any atom is -0.481 e. The standard InChI is InChI=1S/C22H18N2O4/c1-4-12-28-17-10-8-16(9-11-17)13-18-20(25)23-22(27)24(21(18)26)19-7-5-6-14(2)15(19)3/h1,5-11,13H,12H2,2-3H3,(H,23,25,27)/b18-13+. The lowest BCUT2D eigenvalue weighted by Gasteiger charge is -2.28. The number of imide groups is 2. The van der Waals surface area contributed by atoms with Crippen LogP contribution < -0.4 is 15.0 Å². The van der Waals surface area contributed by atoms with Gasteiger partial charge in [0.1, 0.15) is 17.9 Å². The van der Waals surface area contributed by atoms with E-state index in [1.54, 1.807) is 36.4 Å². The third kappa shape index (κ3) is 3.64. The molecule has 140 valence electrons. The molecule has 0 aliphatic carbocycles. The molecule has 2 aromatic rings. The number of amides is 4. The van der Waals surface area contributed by atoms with Crippen molar-refractivity contribution in [2.75, 3.05) is 11.5 Å². The molecular weight excluding hydrogens is 356 g/mol. The van der Waals surface area contributed by atoms with E-state index in [0.29, 0.717) is 17.0 Å². The first kappa shape index (κ1) is 18.9. The van der Waals surface area contributed by atoms with E-state index < -0.39 is 17.8 Å². The van der Waals surface area contributed by atoms with Crippen LogP contribution in [0.2, 0.25) is 0 Å². The molecule has 0 spiro atoms. The van der Waals surface area contributed by atoms with Gasteiger partial charge in [0, 0.05) is 0 Å². The molecule has 0 saturated carbocycles. The van der Waals surface area contributed by atoms with Crippen molar-refractivity contribution in [3.05, 3.63) is 64.7 Å². The number of ether oxygens (including phenoxy) is 1. The van der Waals surface area contributed by atoms with Crippen molar-refractivity contribution in [1.29, 1.82) is 0 Å². The second-order valence-corrected chi connectivity index (χ2v) is 6.24. The highest BCUT2D eigenvalue weighted by Crippen LogP contribution is 2.27. The smallest absolute Gasteiger partial charge is 0.335 e. The van der Waals surface area contributed by atoms with Gasteiger partial charge in [-0.15, -0.1) is 6.42 Å². The Bertz CT molecular complexity index is 1030. The van der Waals surface area contributed by atoms with Gasteiger partial charge in [0.15, 0.2) is 0 Å². The van der Waals surface area contributed by atoms with E-state index in [9.17, 15) is 14.4 Å². The largest absolute Gasteiger partial charge is 0.481 e. The van der Waals surface area contributed by atoms with Crippen molar-refractivity contribution in [1.82, 2.24) is 5.32 Å². The van der Waals surface area contributed by atoms with Crippen LogP contribution in [-0.2, 0) is 9.59 Å². The zero-order valence-electron chi connectivity index (χ0n) is 15.5. The normalized spacial score (nSPS) is 15.4. The van der Waals surface area contributed by atoms with Gasteiger partial charge in [0.2, 0.25) is 0 Å². The van der Waals surface area contributed by atoms with Crippen molar-refractivity contribution in [2.45, 2.75) is 13.8 Å². The van der Waals surface area contributed by atoms with Crippen LogP contribution in [0.25, 0.3) is 6.08 Å². The second kappa shape index (κ2) is 7.80. The molecule has 28 heavy (non-hydrogen) atoms. The Kier molecular flexibility index (Phi) is 5.28. The fraction of sp³-hybridized carbons (Fsp3) is 0.136. The molecule has 1 heterocycles. The first-order chi connectivity index (χ1) is 13.4. The summed E-state index contributed by atoms with van der Waals surface area (Å²) in [7, 11) is 0. The fourth-order valence-electron chi connectivity index (χ4n) is 2.81. The molecule has 4 amide bonds. The number of rotatable bonds is 4. The summed E-state index contributed by atoms with van der Waals surface area (Å²) in [6.45, 7) is 3.85. The number of hydrogen-bond donors (Lipinski definition) is 1. The average molecular weight is 374 g/mol. The highest BCUT2D eigenvalue weighted by Gasteiger charge is 2.37. The summed E-state index contributed by atoms with van der Waals surface area (Å²) in [6.07, 6.45) is 6.59. The van der Waals surface area contributed by atoms with E-state index in [-0.39, 0.29) is 12.2 Å². The predicted molar refractivity (Wildman–Crippen MR) is 106 cm³/mol. The van der Waals surface area contributed by atoms with Crippen molar-refractivity contribution < 1.29 is 19.1 Å². The number of carbonyl (C=O) groups excluding carboxylic acids is 3. The van der Waals surface area contributed by atoms with Crippen LogP contribution >= 0.6 is 0 Å². The number of carbonyl (C=O) groups is 3. The number of anilines is 1. The minimum absolute atomic E-state index is 0.127. The molecule has 0 bridgehead atoms. The second-order valence-electron chi connectivity index (χ2n) is 6.24. The molecule has 0 atom stereocenters. The molecule has 1 saturated heterocycles. The molecule has 1 N–H and O–H groups in total. The van der Waals surface area contributed by atoms with Crippen molar-refractivity contribution in [2.24, 2.45) is 0 Å². The van der Waals surface area contributed by atoms with Crippen LogP contribution in [0.1, 0.15) is 16.7 Å². The van der Waals surface area contributed by atoms with Gasteiger partial charge in [-0.3, -0.25) is 14.9 Å². The van der Waals surface area contributed by atoms with Crippen LogP contribution in [0.5, 0.6) is 5.75 Å². The van der Waals surface area contributed by atoms with E-state index in [1.165, 1.54) is 6.08 Å². The number of barbiturate groups is 1. The number of nitrogens with one attached hydrogen (secondary N) is 1. The summed E-state index contributed by atoms with van der Waals surface area (Å²) < 4.78 is 5.30. The Balaban J connectivity index is 1.95. The lowest BCUT2D eigenvalue weighted by atomic mass is 10.0. The van der Waals surface area contributed by atoms with E-state index in [1.807, 2.05) is 19.9 Å².